The van der Waals surface area contributed by atoms with Crippen LogP contribution in [0.25, 0.3) is 0 Å². The van der Waals surface area contributed by atoms with E-state index in [4.69, 9.17) is 19.8 Å². The molecule has 0 amide bonds. The minimum absolute atomic E-state index is 0.0452. The van der Waals surface area contributed by atoms with Crippen LogP contribution in [-0.4, -0.2) is 35.3 Å². The van der Waals surface area contributed by atoms with Gasteiger partial charge in [0.2, 0.25) is 5.88 Å². The number of rotatable bonds is 8. The van der Waals surface area contributed by atoms with Gasteiger partial charge >= 0.3 is 0 Å². The number of ether oxygens (including phenoxy) is 2. The van der Waals surface area contributed by atoms with Gasteiger partial charge in [0.05, 0.1) is 7.11 Å². The molecule has 2 aromatic rings. The molecule has 0 saturated heterocycles. The van der Waals surface area contributed by atoms with Crippen LogP contribution in [0.4, 0.5) is 0 Å². The maximum absolute atomic E-state index is 7.97. The molecule has 2 rings (SSSR count). The second kappa shape index (κ2) is 12.7. The fraction of sp³-hybridized carbons (Fsp3) is 0.478. The molecule has 168 valence electrons. The van der Waals surface area contributed by atoms with Crippen LogP contribution in [0.3, 0.4) is 0 Å². The number of aromatic nitrogens is 1. The van der Waals surface area contributed by atoms with Gasteiger partial charge in [0.15, 0.2) is 11.5 Å². The second-order valence-corrected chi connectivity index (χ2v) is 9.59. The molecular weight excluding hydrogens is 398 g/mol. The van der Waals surface area contributed by atoms with E-state index in [1.54, 1.807) is 19.6 Å². The zero-order valence-electron chi connectivity index (χ0n) is 19.1. The molecule has 0 saturated carbocycles. The fourth-order valence-electron chi connectivity index (χ4n) is 2.44. The average molecular weight is 436 g/mol. The van der Waals surface area contributed by atoms with Crippen LogP contribution in [0.5, 0.6) is 17.4 Å². The summed E-state index contributed by atoms with van der Waals surface area (Å²) in [6.07, 6.45) is 4.51. The minimum atomic E-state index is -0.611. The maximum atomic E-state index is 7.97. The van der Waals surface area contributed by atoms with Crippen molar-refractivity contribution in [2.24, 2.45) is 11.1 Å². The topological polar surface area (TPSA) is 89.6 Å². The van der Waals surface area contributed by atoms with Gasteiger partial charge in [-0.3, -0.25) is 0 Å². The fourth-order valence-corrected chi connectivity index (χ4v) is 2.44. The largest absolute Gasteiger partial charge is 0.493 e. The predicted octanol–water partition coefficient (Wildman–Crippen LogP) is 5.22. The number of methoxy groups -OCH3 is 1. The molecule has 0 aliphatic carbocycles. The third-order valence-corrected chi connectivity index (χ3v) is 4.11. The van der Waals surface area contributed by atoms with Crippen molar-refractivity contribution in [2.45, 2.75) is 46.7 Å². The van der Waals surface area contributed by atoms with Gasteiger partial charge in [-0.15, -0.1) is 0 Å². The number of nitrogens with one attached hydrogen (secondary N) is 1. The van der Waals surface area contributed by atoms with Crippen LogP contribution >= 0.6 is 10.8 Å². The Bertz CT molecular complexity index is 783. The Morgan fingerprint density at radius 3 is 2.40 bits per heavy atom. The summed E-state index contributed by atoms with van der Waals surface area (Å²) in [6.45, 7) is 10.5. The summed E-state index contributed by atoms with van der Waals surface area (Å²) in [6, 6.07) is 9.65. The van der Waals surface area contributed by atoms with Crippen molar-refractivity contribution >= 4 is 16.6 Å². The molecule has 7 heteroatoms. The van der Waals surface area contributed by atoms with E-state index in [2.05, 4.69) is 36.9 Å². The van der Waals surface area contributed by atoms with Gasteiger partial charge in [-0.05, 0) is 48.6 Å². The Hall–Kier alpha value is -1.93. The Balaban J connectivity index is 0.00000103. The van der Waals surface area contributed by atoms with Crippen molar-refractivity contribution in [3.05, 3.63) is 47.7 Å². The summed E-state index contributed by atoms with van der Waals surface area (Å²) in [7, 11) is 1.03. The van der Waals surface area contributed by atoms with Crippen LogP contribution in [0.1, 0.15) is 51.3 Å². The summed E-state index contributed by atoms with van der Waals surface area (Å²) in [5.41, 5.74) is 8.31. The molecular formula is C23H37N3O3S. The van der Waals surface area contributed by atoms with E-state index in [0.29, 0.717) is 22.8 Å². The van der Waals surface area contributed by atoms with E-state index in [1.807, 2.05) is 37.3 Å². The molecule has 30 heavy (non-hydrogen) atoms. The van der Waals surface area contributed by atoms with Gasteiger partial charge in [-0.25, -0.2) is 4.98 Å². The minimum Gasteiger partial charge on any atom is -0.493 e. The van der Waals surface area contributed by atoms with Crippen LogP contribution in [0.15, 0.2) is 36.5 Å². The number of benzene rings is 1. The molecule has 4 N–H and O–H groups in total. The van der Waals surface area contributed by atoms with Crippen molar-refractivity contribution in [1.29, 1.82) is 0 Å². The number of hydrogen-bond donors (Lipinski definition) is 3. The standard InChI is InChI=1S/C21H31N3O2.C2H6OS/c1-15(22)17-7-9-20(24-14-17)26-18-8-6-16(12-19(18)25-5)13-23-11-10-21(2,3)4;1-4(2)3/h6-9,12,14-15,23H,10-11,13,22H2,1-5H3;3H,1H2,2H3. The van der Waals surface area contributed by atoms with Crippen molar-refractivity contribution < 1.29 is 14.0 Å². The highest BCUT2D eigenvalue weighted by molar-refractivity contribution is 8.08. The normalized spacial score (nSPS) is 13.1. The first-order valence-electron chi connectivity index (χ1n) is 9.93. The SMILES string of the molecule is C=S(C)O.COc1cc(CNCCC(C)(C)C)ccc1Oc1ccc(C(C)N)cn1. The molecule has 1 heterocycles. The van der Waals surface area contributed by atoms with Gasteiger partial charge in [-0.1, -0.05) is 49.5 Å². The first-order valence-corrected chi connectivity index (χ1v) is 11.7. The van der Waals surface area contributed by atoms with E-state index >= 15 is 0 Å². The predicted molar refractivity (Wildman–Crippen MR) is 129 cm³/mol. The van der Waals surface area contributed by atoms with Crippen molar-refractivity contribution in [3.8, 4) is 17.4 Å². The smallest absolute Gasteiger partial charge is 0.219 e. The average Bonchev–Trinajstić information content (AvgIpc) is 2.65. The summed E-state index contributed by atoms with van der Waals surface area (Å²) in [4.78, 5) is 4.31. The third-order valence-electron chi connectivity index (χ3n) is 4.11. The van der Waals surface area contributed by atoms with Crippen molar-refractivity contribution in [3.63, 3.8) is 0 Å². The van der Waals surface area contributed by atoms with E-state index in [-0.39, 0.29) is 6.04 Å². The van der Waals surface area contributed by atoms with Crippen LogP contribution in [-0.2, 0) is 6.54 Å². The lowest BCUT2D eigenvalue weighted by molar-refractivity contribution is 0.365. The van der Waals surface area contributed by atoms with Gasteiger partial charge in [0.1, 0.15) is 0 Å². The highest BCUT2D eigenvalue weighted by Gasteiger charge is 2.11. The number of hydrogen-bond acceptors (Lipinski definition) is 6. The second-order valence-electron chi connectivity index (χ2n) is 8.39. The molecule has 0 aliphatic rings. The highest BCUT2D eigenvalue weighted by Crippen LogP contribution is 2.31. The highest BCUT2D eigenvalue weighted by atomic mass is 32.2. The van der Waals surface area contributed by atoms with Crippen LogP contribution < -0.4 is 20.5 Å². The Morgan fingerprint density at radius 1 is 1.23 bits per heavy atom. The quantitative estimate of drug-likeness (QED) is 0.389. The summed E-state index contributed by atoms with van der Waals surface area (Å²) in [5.74, 6) is 5.08. The van der Waals surface area contributed by atoms with Gasteiger partial charge in [0.25, 0.3) is 0 Å². The van der Waals surface area contributed by atoms with E-state index in [1.165, 1.54) is 0 Å². The van der Waals surface area contributed by atoms with Gasteiger partial charge in [0, 0.05) is 31.1 Å². The summed E-state index contributed by atoms with van der Waals surface area (Å²) < 4.78 is 19.3. The van der Waals surface area contributed by atoms with Gasteiger partial charge in [-0.2, -0.15) is 0 Å². The van der Waals surface area contributed by atoms with E-state index < -0.39 is 10.8 Å². The van der Waals surface area contributed by atoms with Crippen LogP contribution in [0.2, 0.25) is 0 Å². The zero-order valence-corrected chi connectivity index (χ0v) is 19.9. The Morgan fingerprint density at radius 2 is 1.90 bits per heavy atom. The summed E-state index contributed by atoms with van der Waals surface area (Å²) in [5, 5.41) is 3.47. The first kappa shape index (κ1) is 26.1. The number of pyridine rings is 1. The van der Waals surface area contributed by atoms with Crippen molar-refractivity contribution in [1.82, 2.24) is 10.3 Å². The molecule has 0 radical (unpaired) electrons. The molecule has 1 aromatic heterocycles. The third kappa shape index (κ3) is 10.7. The van der Waals surface area contributed by atoms with Gasteiger partial charge < -0.3 is 25.1 Å². The maximum Gasteiger partial charge on any atom is 0.219 e. The summed E-state index contributed by atoms with van der Waals surface area (Å²) >= 11 is 0. The lowest BCUT2D eigenvalue weighted by atomic mass is 9.92. The zero-order chi connectivity index (χ0) is 22.7. The Kier molecular flexibility index (Phi) is 11.0. The molecule has 0 bridgehead atoms. The van der Waals surface area contributed by atoms with E-state index in [0.717, 1.165) is 30.6 Å². The molecule has 6 nitrogen and oxygen atoms in total. The molecule has 2 atom stereocenters. The monoisotopic (exact) mass is 435 g/mol. The first-order chi connectivity index (χ1) is 14.0. The Labute approximate surface area is 184 Å². The molecule has 2 unspecified atom stereocenters. The lowest BCUT2D eigenvalue weighted by Crippen LogP contribution is -2.20. The molecule has 0 aliphatic heterocycles. The molecule has 0 spiro atoms. The molecule has 0 fully saturated rings. The molecule has 1 aromatic carbocycles. The van der Waals surface area contributed by atoms with Crippen LogP contribution in [0, 0.1) is 5.41 Å². The van der Waals surface area contributed by atoms with Crippen molar-refractivity contribution in [2.75, 3.05) is 19.9 Å². The number of nitrogens with two attached hydrogens (primary N) is 1. The lowest BCUT2D eigenvalue weighted by Gasteiger charge is -2.18. The number of nitrogens with zero attached hydrogens (tertiary/aromatic N) is 1. The van der Waals surface area contributed by atoms with E-state index in [9.17, 15) is 0 Å².